The summed E-state index contributed by atoms with van der Waals surface area (Å²) in [5, 5.41) is 0. The van der Waals surface area contributed by atoms with Crippen LogP contribution < -0.4 is 9.47 Å². The van der Waals surface area contributed by atoms with Gasteiger partial charge in [-0.2, -0.15) is 0 Å². The zero-order valence-electron chi connectivity index (χ0n) is 19.8. The number of carbonyl (C=O) groups is 2. The molecule has 0 amide bonds. The number of carbonyl (C=O) groups excluding carboxylic acids is 2. The summed E-state index contributed by atoms with van der Waals surface area (Å²) in [5.41, 5.74) is 1.83. The van der Waals surface area contributed by atoms with E-state index in [0.717, 1.165) is 42.6 Å². The molecule has 6 rings (SSSR count). The second kappa shape index (κ2) is 9.51. The zero-order valence-corrected chi connectivity index (χ0v) is 19.8. The molecule has 0 N–H and O–H groups in total. The van der Waals surface area contributed by atoms with Crippen molar-refractivity contribution in [2.75, 3.05) is 13.7 Å². The molecule has 180 valence electrons. The molecule has 4 bridgehead atoms. The summed E-state index contributed by atoms with van der Waals surface area (Å²) in [5.74, 6) is 2.68. The molecule has 4 saturated carbocycles. The molecule has 34 heavy (non-hydrogen) atoms. The Morgan fingerprint density at radius 1 is 1.03 bits per heavy atom. The third-order valence-electron chi connectivity index (χ3n) is 7.79. The predicted molar refractivity (Wildman–Crippen MR) is 126 cm³/mol. The fourth-order valence-corrected chi connectivity index (χ4v) is 6.83. The van der Waals surface area contributed by atoms with E-state index in [0.29, 0.717) is 29.8 Å². The Kier molecular flexibility index (Phi) is 6.45. The lowest BCUT2D eigenvalue weighted by molar-refractivity contribution is -0.231. The second-order valence-corrected chi connectivity index (χ2v) is 10.1. The number of esters is 1. The number of aldehydes is 1. The maximum absolute atomic E-state index is 13.1. The largest absolute Gasteiger partial charge is 0.441 e. The fraction of sp³-hybridized carbons (Fsp3) is 0.500. The van der Waals surface area contributed by atoms with Crippen molar-refractivity contribution in [3.63, 3.8) is 0 Å². The minimum absolute atomic E-state index is 0.00835. The number of benzene rings is 2. The van der Waals surface area contributed by atoms with E-state index in [2.05, 4.69) is 0 Å². The van der Waals surface area contributed by atoms with Crippen LogP contribution in [0.4, 0.5) is 0 Å². The SMILES string of the molecule is CCOC(OC)Oc1ccc(C(=O)Oc2ccccc2C=O)cc1C12CC3CC(CC(C3)C1)C2. The molecule has 0 saturated heterocycles. The van der Waals surface area contributed by atoms with Crippen LogP contribution >= 0.6 is 0 Å². The topological polar surface area (TPSA) is 71.1 Å². The first kappa shape index (κ1) is 23.1. The molecule has 4 fully saturated rings. The summed E-state index contributed by atoms with van der Waals surface area (Å²) in [4.78, 5) is 24.5. The van der Waals surface area contributed by atoms with Crippen molar-refractivity contribution in [1.82, 2.24) is 0 Å². The number of rotatable bonds is 9. The molecule has 6 nitrogen and oxygen atoms in total. The summed E-state index contributed by atoms with van der Waals surface area (Å²) in [6, 6.07) is 12.2. The van der Waals surface area contributed by atoms with Gasteiger partial charge in [-0.3, -0.25) is 4.79 Å². The molecule has 6 heteroatoms. The van der Waals surface area contributed by atoms with Gasteiger partial charge in [0.05, 0.1) is 17.7 Å². The van der Waals surface area contributed by atoms with Crippen LogP contribution in [0.5, 0.6) is 11.5 Å². The van der Waals surface area contributed by atoms with Crippen LogP contribution in [0.15, 0.2) is 42.5 Å². The van der Waals surface area contributed by atoms with E-state index in [1.54, 1.807) is 37.4 Å². The Labute approximate surface area is 200 Å². The minimum atomic E-state index is -0.810. The van der Waals surface area contributed by atoms with Crippen molar-refractivity contribution in [2.24, 2.45) is 17.8 Å². The maximum Gasteiger partial charge on any atom is 0.343 e. The molecule has 0 radical (unpaired) electrons. The van der Waals surface area contributed by atoms with Gasteiger partial charge in [-0.25, -0.2) is 4.79 Å². The average Bonchev–Trinajstić information content (AvgIpc) is 2.83. The summed E-state index contributed by atoms with van der Waals surface area (Å²) in [6.07, 6.45) is 8.01. The van der Waals surface area contributed by atoms with Gasteiger partial charge in [-0.1, -0.05) is 12.1 Å². The highest BCUT2D eigenvalue weighted by molar-refractivity contribution is 5.93. The van der Waals surface area contributed by atoms with Crippen LogP contribution in [0.1, 0.15) is 71.7 Å². The van der Waals surface area contributed by atoms with E-state index in [4.69, 9.17) is 18.9 Å². The fourth-order valence-electron chi connectivity index (χ4n) is 6.83. The van der Waals surface area contributed by atoms with Crippen LogP contribution in [-0.2, 0) is 14.9 Å². The van der Waals surface area contributed by atoms with Gasteiger partial charge in [-0.15, -0.1) is 0 Å². The molecule has 2 aromatic carbocycles. The van der Waals surface area contributed by atoms with E-state index in [9.17, 15) is 9.59 Å². The first-order chi connectivity index (χ1) is 16.5. The smallest absolute Gasteiger partial charge is 0.343 e. The van der Waals surface area contributed by atoms with Gasteiger partial charge in [-0.05, 0) is 98.9 Å². The van der Waals surface area contributed by atoms with E-state index < -0.39 is 12.4 Å². The van der Waals surface area contributed by atoms with Gasteiger partial charge < -0.3 is 18.9 Å². The first-order valence-corrected chi connectivity index (χ1v) is 12.3. The van der Waals surface area contributed by atoms with E-state index in [-0.39, 0.29) is 11.2 Å². The monoisotopic (exact) mass is 464 g/mol. The highest BCUT2D eigenvalue weighted by atomic mass is 16.8. The van der Waals surface area contributed by atoms with Crippen molar-refractivity contribution in [1.29, 1.82) is 0 Å². The molecule has 0 heterocycles. The molecule has 0 aromatic heterocycles. The average molecular weight is 465 g/mol. The van der Waals surface area contributed by atoms with Crippen molar-refractivity contribution < 1.29 is 28.5 Å². The Bertz CT molecular complexity index is 1030. The van der Waals surface area contributed by atoms with Crippen molar-refractivity contribution in [3.8, 4) is 11.5 Å². The molecule has 0 spiro atoms. The summed E-state index contributed by atoms with van der Waals surface area (Å²) in [6.45, 7) is 1.55. The van der Waals surface area contributed by atoms with Gasteiger partial charge in [0.2, 0.25) is 0 Å². The van der Waals surface area contributed by atoms with Gasteiger partial charge in [0.1, 0.15) is 11.5 Å². The van der Waals surface area contributed by atoms with Gasteiger partial charge >= 0.3 is 12.4 Å². The lowest BCUT2D eigenvalue weighted by Gasteiger charge is -2.57. The van der Waals surface area contributed by atoms with Crippen LogP contribution in [0.3, 0.4) is 0 Å². The Morgan fingerprint density at radius 3 is 2.32 bits per heavy atom. The van der Waals surface area contributed by atoms with Crippen LogP contribution in [-0.4, -0.2) is 32.4 Å². The van der Waals surface area contributed by atoms with Crippen LogP contribution in [0.2, 0.25) is 0 Å². The highest BCUT2D eigenvalue weighted by Gasteiger charge is 2.52. The quantitative estimate of drug-likeness (QED) is 0.210. The molecule has 4 aliphatic carbocycles. The number of hydrogen-bond acceptors (Lipinski definition) is 6. The van der Waals surface area contributed by atoms with Crippen molar-refractivity contribution >= 4 is 12.3 Å². The molecule has 1 atom stereocenters. The summed E-state index contributed by atoms with van der Waals surface area (Å²) >= 11 is 0. The predicted octanol–water partition coefficient (Wildman–Crippen LogP) is 5.53. The van der Waals surface area contributed by atoms with Crippen molar-refractivity contribution in [3.05, 3.63) is 59.2 Å². The van der Waals surface area contributed by atoms with Crippen molar-refractivity contribution in [2.45, 2.75) is 57.3 Å². The van der Waals surface area contributed by atoms with E-state index in [1.165, 1.54) is 19.3 Å². The van der Waals surface area contributed by atoms with Gasteiger partial charge in [0, 0.05) is 12.7 Å². The minimum Gasteiger partial charge on any atom is -0.441 e. The lowest BCUT2D eigenvalue weighted by Crippen LogP contribution is -2.48. The molecular weight excluding hydrogens is 432 g/mol. The maximum atomic E-state index is 13.1. The summed E-state index contributed by atoms with van der Waals surface area (Å²) in [7, 11) is 1.56. The molecular formula is C28H32O6. The molecule has 4 aliphatic rings. The molecule has 0 aliphatic heterocycles. The zero-order chi connectivity index (χ0) is 23.7. The lowest BCUT2D eigenvalue weighted by atomic mass is 9.48. The highest BCUT2D eigenvalue weighted by Crippen LogP contribution is 2.62. The Morgan fingerprint density at radius 2 is 1.71 bits per heavy atom. The van der Waals surface area contributed by atoms with Gasteiger partial charge in [0.15, 0.2) is 6.29 Å². The number of para-hydroxylation sites is 1. The summed E-state index contributed by atoms with van der Waals surface area (Å²) < 4.78 is 22.8. The van der Waals surface area contributed by atoms with E-state index in [1.807, 2.05) is 19.1 Å². The normalized spacial score (nSPS) is 27.9. The third kappa shape index (κ3) is 4.37. The third-order valence-corrected chi connectivity index (χ3v) is 7.79. The van der Waals surface area contributed by atoms with Gasteiger partial charge in [0.25, 0.3) is 0 Å². The first-order valence-electron chi connectivity index (χ1n) is 12.3. The number of ether oxygens (including phenoxy) is 4. The standard InChI is InChI=1S/C28H32O6/c1-3-32-27(31-2)34-25-9-8-21(26(30)33-24-7-5-4-6-22(24)17-29)13-23(25)28-14-18-10-19(15-28)12-20(11-18)16-28/h4-9,13,17-20,27H,3,10-12,14-16H2,1-2H3. The second-order valence-electron chi connectivity index (χ2n) is 10.1. The van der Waals surface area contributed by atoms with E-state index >= 15 is 0 Å². The Hall–Kier alpha value is -2.70. The number of methoxy groups -OCH3 is 1. The van der Waals surface area contributed by atoms with Crippen LogP contribution in [0, 0.1) is 17.8 Å². The Balaban J connectivity index is 1.50. The van der Waals surface area contributed by atoms with Crippen LogP contribution in [0.25, 0.3) is 0 Å². The number of hydrogen-bond donors (Lipinski definition) is 0. The molecule has 2 aromatic rings. The molecule has 1 unspecified atom stereocenters.